The van der Waals surface area contributed by atoms with Crippen molar-refractivity contribution in [3.8, 4) is 0 Å². The molecule has 0 unspecified atom stereocenters. The van der Waals surface area contributed by atoms with Crippen LogP contribution in [0.3, 0.4) is 0 Å². The zero-order valence-electron chi connectivity index (χ0n) is 10.2. The van der Waals surface area contributed by atoms with E-state index in [4.69, 9.17) is 0 Å². The number of hydrogen-bond donors (Lipinski definition) is 1. The molecule has 0 aliphatic rings. The predicted molar refractivity (Wildman–Crippen MR) is 73.6 cm³/mol. The van der Waals surface area contributed by atoms with E-state index in [2.05, 4.69) is 29.0 Å². The summed E-state index contributed by atoms with van der Waals surface area (Å²) in [5.74, 6) is 0.845. The van der Waals surface area contributed by atoms with Crippen molar-refractivity contribution in [2.24, 2.45) is 0 Å². The molecule has 0 saturated carbocycles. The first-order valence-electron chi connectivity index (χ1n) is 5.52. The summed E-state index contributed by atoms with van der Waals surface area (Å²) in [5.41, 5.74) is 1.10. The highest BCUT2D eigenvalue weighted by molar-refractivity contribution is 8.01. The number of thioether (sulfide) groups is 1. The number of amides is 1. The topological polar surface area (TPSA) is 54.9 Å². The van der Waals surface area contributed by atoms with Crippen molar-refractivity contribution in [1.29, 1.82) is 0 Å². The van der Waals surface area contributed by atoms with Gasteiger partial charge in [-0.25, -0.2) is 0 Å². The number of carbonyl (C=O) groups is 1. The second-order valence-corrected chi connectivity index (χ2v) is 5.97. The van der Waals surface area contributed by atoms with Crippen molar-refractivity contribution in [2.45, 2.75) is 37.4 Å². The SMILES string of the molecule is C=C(C)CSc1nnc(NC(=O)CCCC)s1. The summed E-state index contributed by atoms with van der Waals surface area (Å²) >= 11 is 2.99. The first-order chi connectivity index (χ1) is 8.11. The second-order valence-electron chi connectivity index (χ2n) is 3.77. The Bertz CT molecular complexity index is 390. The number of aromatic nitrogens is 2. The predicted octanol–water partition coefficient (Wildman–Crippen LogP) is 3.34. The Balaban J connectivity index is 2.39. The Morgan fingerprint density at radius 2 is 2.29 bits per heavy atom. The number of unbranched alkanes of at least 4 members (excludes halogenated alkanes) is 1. The quantitative estimate of drug-likeness (QED) is 0.469. The van der Waals surface area contributed by atoms with Crippen molar-refractivity contribution in [2.75, 3.05) is 11.1 Å². The van der Waals surface area contributed by atoms with Gasteiger partial charge in [0.1, 0.15) is 0 Å². The van der Waals surface area contributed by atoms with Gasteiger partial charge in [-0.1, -0.05) is 48.6 Å². The van der Waals surface area contributed by atoms with Crippen LogP contribution in [-0.2, 0) is 4.79 Å². The molecular formula is C11H17N3OS2. The number of nitrogens with zero attached hydrogens (tertiary/aromatic N) is 2. The highest BCUT2D eigenvalue weighted by atomic mass is 32.2. The summed E-state index contributed by atoms with van der Waals surface area (Å²) in [7, 11) is 0. The van der Waals surface area contributed by atoms with Gasteiger partial charge in [0.15, 0.2) is 4.34 Å². The lowest BCUT2D eigenvalue weighted by Gasteiger charge is -1.98. The highest BCUT2D eigenvalue weighted by Crippen LogP contribution is 2.26. The van der Waals surface area contributed by atoms with Gasteiger partial charge in [-0.2, -0.15) is 0 Å². The highest BCUT2D eigenvalue weighted by Gasteiger charge is 2.07. The fourth-order valence-corrected chi connectivity index (χ4v) is 2.63. The minimum absolute atomic E-state index is 0.0134. The molecule has 1 aromatic heterocycles. The summed E-state index contributed by atoms with van der Waals surface area (Å²) in [6.45, 7) is 7.86. The molecule has 0 radical (unpaired) electrons. The third-order valence-corrected chi connectivity index (χ3v) is 4.05. The van der Waals surface area contributed by atoms with Gasteiger partial charge < -0.3 is 5.32 Å². The number of nitrogens with one attached hydrogen (secondary N) is 1. The summed E-state index contributed by atoms with van der Waals surface area (Å²) in [5, 5.41) is 11.3. The summed E-state index contributed by atoms with van der Waals surface area (Å²) in [6.07, 6.45) is 2.47. The van der Waals surface area contributed by atoms with Gasteiger partial charge in [0.25, 0.3) is 0 Å². The monoisotopic (exact) mass is 271 g/mol. The molecule has 0 bridgehead atoms. The molecule has 1 heterocycles. The Kier molecular flexibility index (Phi) is 6.21. The van der Waals surface area contributed by atoms with Gasteiger partial charge in [-0.15, -0.1) is 10.2 Å². The van der Waals surface area contributed by atoms with Crippen LogP contribution in [0.2, 0.25) is 0 Å². The van der Waals surface area contributed by atoms with Crippen molar-refractivity contribution in [3.05, 3.63) is 12.2 Å². The maximum atomic E-state index is 11.5. The van der Waals surface area contributed by atoms with E-state index in [-0.39, 0.29) is 5.91 Å². The Hall–Kier alpha value is -0.880. The van der Waals surface area contributed by atoms with Gasteiger partial charge >= 0.3 is 0 Å². The standard InChI is InChI=1S/C11H17N3OS2/c1-4-5-6-9(15)12-10-13-14-11(17-10)16-7-8(2)3/h2,4-7H2,1,3H3,(H,12,13,15). The van der Waals surface area contributed by atoms with Crippen molar-refractivity contribution < 1.29 is 4.79 Å². The molecule has 0 spiro atoms. The smallest absolute Gasteiger partial charge is 0.226 e. The molecule has 94 valence electrons. The molecule has 1 aromatic rings. The molecule has 1 amide bonds. The molecular weight excluding hydrogens is 254 g/mol. The van der Waals surface area contributed by atoms with Crippen LogP contribution >= 0.6 is 23.1 Å². The van der Waals surface area contributed by atoms with Crippen molar-refractivity contribution in [3.63, 3.8) is 0 Å². The van der Waals surface area contributed by atoms with E-state index in [0.29, 0.717) is 11.6 Å². The van der Waals surface area contributed by atoms with Gasteiger partial charge in [0, 0.05) is 12.2 Å². The fraction of sp³-hybridized carbons (Fsp3) is 0.545. The van der Waals surface area contributed by atoms with Crippen LogP contribution in [0.1, 0.15) is 33.1 Å². The zero-order valence-corrected chi connectivity index (χ0v) is 11.8. The van der Waals surface area contributed by atoms with Gasteiger partial charge in [0.05, 0.1) is 0 Å². The average molecular weight is 271 g/mol. The van der Waals surface area contributed by atoms with Crippen molar-refractivity contribution in [1.82, 2.24) is 10.2 Å². The van der Waals surface area contributed by atoms with E-state index >= 15 is 0 Å². The Labute approximate surface area is 110 Å². The maximum Gasteiger partial charge on any atom is 0.226 e. The van der Waals surface area contributed by atoms with Crippen LogP contribution in [0, 0.1) is 0 Å². The molecule has 4 nitrogen and oxygen atoms in total. The summed E-state index contributed by atoms with van der Waals surface area (Å²) < 4.78 is 0.860. The molecule has 1 N–H and O–H groups in total. The number of carbonyl (C=O) groups excluding carboxylic acids is 1. The lowest BCUT2D eigenvalue weighted by atomic mass is 10.2. The van der Waals surface area contributed by atoms with E-state index in [9.17, 15) is 4.79 Å². The van der Waals surface area contributed by atoms with Gasteiger partial charge in [0.2, 0.25) is 11.0 Å². The molecule has 17 heavy (non-hydrogen) atoms. The zero-order chi connectivity index (χ0) is 12.7. The van der Waals surface area contributed by atoms with Crippen LogP contribution < -0.4 is 5.32 Å². The van der Waals surface area contributed by atoms with E-state index in [1.54, 1.807) is 11.8 Å². The lowest BCUT2D eigenvalue weighted by Crippen LogP contribution is -2.10. The van der Waals surface area contributed by atoms with Crippen LogP contribution in [0.5, 0.6) is 0 Å². The Morgan fingerprint density at radius 1 is 1.53 bits per heavy atom. The summed E-state index contributed by atoms with van der Waals surface area (Å²) in [4.78, 5) is 11.5. The minimum Gasteiger partial charge on any atom is -0.301 e. The fourth-order valence-electron chi connectivity index (χ4n) is 1.02. The summed E-state index contributed by atoms with van der Waals surface area (Å²) in [6, 6.07) is 0. The van der Waals surface area contributed by atoms with Crippen LogP contribution in [0.4, 0.5) is 5.13 Å². The number of anilines is 1. The third-order valence-electron chi connectivity index (χ3n) is 1.85. The molecule has 0 aliphatic carbocycles. The molecule has 0 atom stereocenters. The van der Waals surface area contributed by atoms with E-state index in [0.717, 1.165) is 28.5 Å². The molecule has 0 fully saturated rings. The van der Waals surface area contributed by atoms with Crippen LogP contribution in [0.15, 0.2) is 16.5 Å². The van der Waals surface area contributed by atoms with E-state index in [1.165, 1.54) is 11.3 Å². The van der Waals surface area contributed by atoms with Crippen LogP contribution in [-0.4, -0.2) is 21.9 Å². The minimum atomic E-state index is 0.0134. The number of rotatable bonds is 7. The molecule has 0 aromatic carbocycles. The first-order valence-corrected chi connectivity index (χ1v) is 7.32. The third kappa shape index (κ3) is 5.83. The van der Waals surface area contributed by atoms with Gasteiger partial charge in [-0.05, 0) is 13.3 Å². The second kappa shape index (κ2) is 7.45. The molecule has 1 rings (SSSR count). The molecule has 0 aliphatic heterocycles. The van der Waals surface area contributed by atoms with Crippen LogP contribution in [0.25, 0.3) is 0 Å². The van der Waals surface area contributed by atoms with Crippen molar-refractivity contribution >= 4 is 34.1 Å². The first kappa shape index (κ1) is 14.2. The molecule has 0 saturated heterocycles. The molecule has 6 heteroatoms. The maximum absolute atomic E-state index is 11.5. The van der Waals surface area contributed by atoms with E-state index in [1.807, 2.05) is 6.92 Å². The Morgan fingerprint density at radius 3 is 2.94 bits per heavy atom. The normalized spacial score (nSPS) is 10.2. The lowest BCUT2D eigenvalue weighted by molar-refractivity contribution is -0.116. The number of hydrogen-bond acceptors (Lipinski definition) is 5. The van der Waals surface area contributed by atoms with E-state index < -0.39 is 0 Å². The average Bonchev–Trinajstić information content (AvgIpc) is 2.71. The largest absolute Gasteiger partial charge is 0.301 e. The van der Waals surface area contributed by atoms with Gasteiger partial charge in [-0.3, -0.25) is 4.79 Å².